The summed E-state index contributed by atoms with van der Waals surface area (Å²) in [7, 11) is 2.04. The van der Waals surface area contributed by atoms with Crippen LogP contribution in [0.2, 0.25) is 0 Å². The van der Waals surface area contributed by atoms with E-state index in [1.165, 1.54) is 5.69 Å². The monoisotopic (exact) mass is 248 g/mol. The average molecular weight is 249 g/mol. The molecule has 2 aromatic rings. The van der Waals surface area contributed by atoms with Crippen molar-refractivity contribution in [2.45, 2.75) is 6.54 Å². The van der Waals surface area contributed by atoms with E-state index in [0.717, 1.165) is 12.1 Å². The van der Waals surface area contributed by atoms with Gasteiger partial charge >= 0.3 is 0 Å². The maximum Gasteiger partial charge on any atom is 0.236 e. The molecule has 0 saturated heterocycles. The fourth-order valence-electron chi connectivity index (χ4n) is 1.60. The van der Waals surface area contributed by atoms with Crippen molar-refractivity contribution in [3.63, 3.8) is 0 Å². The lowest BCUT2D eigenvalue weighted by Gasteiger charge is -2.19. The number of rotatable bonds is 4. The fourth-order valence-corrected chi connectivity index (χ4v) is 1.69. The zero-order valence-corrected chi connectivity index (χ0v) is 10.3. The number of aromatic nitrogens is 1. The van der Waals surface area contributed by atoms with Gasteiger partial charge in [-0.05, 0) is 17.7 Å². The zero-order chi connectivity index (χ0) is 12.1. The largest absolute Gasteiger partial charge is 0.370 e. The van der Waals surface area contributed by atoms with Crippen LogP contribution in [0.5, 0.6) is 5.88 Å². The van der Waals surface area contributed by atoms with E-state index in [1.54, 1.807) is 12.3 Å². The highest BCUT2D eigenvalue weighted by Gasteiger charge is 2.02. The Bertz CT molecular complexity index is 459. The third-order valence-electron chi connectivity index (χ3n) is 2.49. The van der Waals surface area contributed by atoms with Crippen LogP contribution in [0.15, 0.2) is 48.7 Å². The smallest absolute Gasteiger partial charge is 0.236 e. The van der Waals surface area contributed by atoms with Gasteiger partial charge in [0, 0.05) is 31.5 Å². The molecule has 4 heteroatoms. The summed E-state index contributed by atoms with van der Waals surface area (Å²) in [4.78, 5) is 6.21. The summed E-state index contributed by atoms with van der Waals surface area (Å²) in [6.07, 6.45) is 1.76. The second kappa shape index (κ2) is 5.55. The minimum atomic E-state index is 0.415. The molecule has 0 bridgehead atoms. The molecule has 0 amide bonds. The van der Waals surface area contributed by atoms with Crippen molar-refractivity contribution in [3.05, 3.63) is 54.2 Å². The third kappa shape index (κ3) is 3.11. The van der Waals surface area contributed by atoms with Crippen LogP contribution in [0.3, 0.4) is 0 Å². The molecule has 0 aliphatic rings. The Morgan fingerprint density at radius 2 is 1.94 bits per heavy atom. The lowest BCUT2D eigenvalue weighted by Crippen LogP contribution is -2.16. The number of halogens is 1. The van der Waals surface area contributed by atoms with E-state index in [2.05, 4.69) is 26.3 Å². The molecule has 0 atom stereocenters. The summed E-state index contributed by atoms with van der Waals surface area (Å²) in [5.74, 6) is 0.415. The highest BCUT2D eigenvalue weighted by atomic mass is 35.5. The molecule has 1 heterocycles. The molecule has 88 valence electrons. The van der Waals surface area contributed by atoms with E-state index >= 15 is 0 Å². The zero-order valence-electron chi connectivity index (χ0n) is 9.51. The van der Waals surface area contributed by atoms with Crippen molar-refractivity contribution in [2.75, 3.05) is 11.9 Å². The summed E-state index contributed by atoms with van der Waals surface area (Å²) in [6.45, 7) is 0.791. The molecule has 1 aromatic carbocycles. The van der Waals surface area contributed by atoms with Gasteiger partial charge in [0.05, 0.1) is 0 Å². The molecule has 0 unspecified atom stereocenters. The van der Waals surface area contributed by atoms with Crippen LogP contribution < -0.4 is 9.19 Å². The Morgan fingerprint density at radius 1 is 1.18 bits per heavy atom. The molecule has 0 aliphatic carbocycles. The first-order chi connectivity index (χ1) is 8.29. The second-order valence-corrected chi connectivity index (χ2v) is 3.93. The van der Waals surface area contributed by atoms with Crippen LogP contribution in [-0.2, 0) is 6.54 Å². The number of anilines is 1. The summed E-state index contributed by atoms with van der Waals surface area (Å²) < 4.78 is 4.51. The van der Waals surface area contributed by atoms with Crippen molar-refractivity contribution in [2.24, 2.45) is 0 Å². The molecule has 0 radical (unpaired) electrons. The van der Waals surface area contributed by atoms with E-state index in [1.807, 2.05) is 31.3 Å². The molecule has 0 fully saturated rings. The number of benzene rings is 1. The van der Waals surface area contributed by atoms with Gasteiger partial charge in [0.1, 0.15) is 11.9 Å². The summed E-state index contributed by atoms with van der Waals surface area (Å²) >= 11 is 5.21. The van der Waals surface area contributed by atoms with Crippen LogP contribution in [0.25, 0.3) is 0 Å². The van der Waals surface area contributed by atoms with Crippen molar-refractivity contribution in [3.8, 4) is 5.88 Å². The standard InChI is InChI=1S/C13H13ClN2O/c1-16(12-5-3-2-4-6-12)10-11-7-8-13(17-14)15-9-11/h2-9H,10H2,1H3. The lowest BCUT2D eigenvalue weighted by atomic mass is 10.2. The van der Waals surface area contributed by atoms with Crippen LogP contribution in [0.4, 0.5) is 5.69 Å². The van der Waals surface area contributed by atoms with E-state index in [-0.39, 0.29) is 0 Å². The molecule has 0 aliphatic heterocycles. The predicted molar refractivity (Wildman–Crippen MR) is 69.3 cm³/mol. The summed E-state index contributed by atoms with van der Waals surface area (Å²) in [5.41, 5.74) is 2.28. The Balaban J connectivity index is 2.05. The van der Waals surface area contributed by atoms with Crippen LogP contribution in [0.1, 0.15) is 5.56 Å². The first kappa shape index (κ1) is 11.7. The van der Waals surface area contributed by atoms with Gasteiger partial charge in [-0.1, -0.05) is 24.3 Å². The fraction of sp³-hybridized carbons (Fsp3) is 0.154. The van der Waals surface area contributed by atoms with Crippen molar-refractivity contribution in [1.82, 2.24) is 4.98 Å². The molecule has 17 heavy (non-hydrogen) atoms. The SMILES string of the molecule is CN(Cc1ccc(OCl)nc1)c1ccccc1. The minimum Gasteiger partial charge on any atom is -0.370 e. The highest BCUT2D eigenvalue weighted by molar-refractivity contribution is 6.08. The minimum absolute atomic E-state index is 0.415. The number of nitrogens with zero attached hydrogens (tertiary/aromatic N) is 2. The predicted octanol–water partition coefficient (Wildman–Crippen LogP) is 3.25. The van der Waals surface area contributed by atoms with E-state index in [9.17, 15) is 0 Å². The van der Waals surface area contributed by atoms with E-state index in [0.29, 0.717) is 5.88 Å². The van der Waals surface area contributed by atoms with E-state index in [4.69, 9.17) is 11.9 Å². The maximum atomic E-state index is 5.21. The van der Waals surface area contributed by atoms with Gasteiger partial charge < -0.3 is 9.19 Å². The topological polar surface area (TPSA) is 25.4 Å². The van der Waals surface area contributed by atoms with E-state index < -0.39 is 0 Å². The highest BCUT2D eigenvalue weighted by Crippen LogP contribution is 2.15. The van der Waals surface area contributed by atoms with Crippen molar-refractivity contribution < 1.29 is 4.29 Å². The molecule has 2 rings (SSSR count). The van der Waals surface area contributed by atoms with Gasteiger partial charge in [-0.25, -0.2) is 4.98 Å². The summed E-state index contributed by atoms with van der Waals surface area (Å²) in [5, 5.41) is 0. The van der Waals surface area contributed by atoms with Gasteiger partial charge in [0.25, 0.3) is 0 Å². The number of hydrogen-bond acceptors (Lipinski definition) is 3. The van der Waals surface area contributed by atoms with Gasteiger partial charge in [0.2, 0.25) is 5.88 Å². The number of hydrogen-bond donors (Lipinski definition) is 0. The molecular formula is C13H13ClN2O. The Hall–Kier alpha value is -1.74. The normalized spacial score (nSPS) is 10.0. The average Bonchev–Trinajstić information content (AvgIpc) is 2.40. The lowest BCUT2D eigenvalue weighted by molar-refractivity contribution is 0.590. The first-order valence-electron chi connectivity index (χ1n) is 5.29. The van der Waals surface area contributed by atoms with Crippen molar-refractivity contribution in [1.29, 1.82) is 0 Å². The molecule has 0 saturated carbocycles. The van der Waals surface area contributed by atoms with Gasteiger partial charge in [-0.3, -0.25) is 0 Å². The molecule has 0 spiro atoms. The number of para-hydroxylation sites is 1. The van der Waals surface area contributed by atoms with Gasteiger partial charge in [0.15, 0.2) is 0 Å². The second-order valence-electron chi connectivity index (χ2n) is 3.77. The molecule has 0 N–H and O–H groups in total. The summed E-state index contributed by atoms with van der Waals surface area (Å²) in [6, 6.07) is 13.9. The Labute approximate surface area is 106 Å². The van der Waals surface area contributed by atoms with Gasteiger partial charge in [-0.15, -0.1) is 0 Å². The maximum absolute atomic E-state index is 5.21. The molecule has 1 aromatic heterocycles. The Kier molecular flexibility index (Phi) is 3.83. The molecular weight excluding hydrogens is 236 g/mol. The number of pyridine rings is 1. The van der Waals surface area contributed by atoms with Crippen molar-refractivity contribution >= 4 is 17.6 Å². The van der Waals surface area contributed by atoms with Crippen LogP contribution >= 0.6 is 11.9 Å². The van der Waals surface area contributed by atoms with Crippen LogP contribution in [0, 0.1) is 0 Å². The third-order valence-corrected chi connectivity index (χ3v) is 2.65. The first-order valence-corrected chi connectivity index (χ1v) is 5.60. The van der Waals surface area contributed by atoms with Gasteiger partial charge in [-0.2, -0.15) is 0 Å². The molecule has 3 nitrogen and oxygen atoms in total. The Morgan fingerprint density at radius 3 is 2.53 bits per heavy atom. The quantitative estimate of drug-likeness (QED) is 0.831. The van der Waals surface area contributed by atoms with Crippen LogP contribution in [-0.4, -0.2) is 12.0 Å².